The van der Waals surface area contributed by atoms with Gasteiger partial charge in [0.1, 0.15) is 5.56 Å². The van der Waals surface area contributed by atoms with Crippen LogP contribution in [0.4, 0.5) is 8.78 Å². The monoisotopic (exact) mass is 387 g/mol. The molecule has 0 bridgehead atoms. The van der Waals surface area contributed by atoms with Crippen molar-refractivity contribution >= 4 is 5.91 Å². The third-order valence-corrected chi connectivity index (χ3v) is 5.75. The van der Waals surface area contributed by atoms with Gasteiger partial charge in [0, 0.05) is 24.2 Å². The second kappa shape index (κ2) is 7.83. The Balaban J connectivity index is 1.57. The molecule has 0 radical (unpaired) electrons. The quantitative estimate of drug-likeness (QED) is 0.757. The number of fused-ring (bicyclic) bond motifs is 1. The van der Waals surface area contributed by atoms with E-state index in [0.717, 1.165) is 49.6 Å². The van der Waals surface area contributed by atoms with E-state index in [9.17, 15) is 18.4 Å². The number of aromatic amines is 1. The minimum atomic E-state index is -0.896. The van der Waals surface area contributed by atoms with Crippen LogP contribution in [0.25, 0.3) is 0 Å². The van der Waals surface area contributed by atoms with Gasteiger partial charge in [-0.25, -0.2) is 8.78 Å². The van der Waals surface area contributed by atoms with Crippen LogP contribution in [-0.4, -0.2) is 30.0 Å². The van der Waals surface area contributed by atoms with Crippen molar-refractivity contribution in [2.24, 2.45) is 0 Å². The fourth-order valence-corrected chi connectivity index (χ4v) is 4.24. The van der Waals surface area contributed by atoms with Gasteiger partial charge in [0.2, 0.25) is 0 Å². The highest BCUT2D eigenvalue weighted by Gasteiger charge is 2.29. The number of hydrogen-bond donors (Lipinski definition) is 3. The highest BCUT2D eigenvalue weighted by molar-refractivity contribution is 5.94. The predicted molar refractivity (Wildman–Crippen MR) is 102 cm³/mol. The van der Waals surface area contributed by atoms with Crippen LogP contribution in [0, 0.1) is 11.6 Å². The summed E-state index contributed by atoms with van der Waals surface area (Å²) >= 11 is 0. The minimum Gasteiger partial charge on any atom is -0.347 e. The van der Waals surface area contributed by atoms with Gasteiger partial charge >= 0.3 is 0 Å². The van der Waals surface area contributed by atoms with Gasteiger partial charge in [-0.1, -0.05) is 6.07 Å². The Morgan fingerprint density at radius 1 is 1.11 bits per heavy atom. The Labute approximate surface area is 161 Å². The largest absolute Gasteiger partial charge is 0.347 e. The average molecular weight is 387 g/mol. The molecule has 2 unspecified atom stereocenters. The fraction of sp³-hybridized carbons (Fsp3) is 0.429. The van der Waals surface area contributed by atoms with Crippen LogP contribution in [0.5, 0.6) is 0 Å². The third kappa shape index (κ3) is 3.71. The Kier molecular flexibility index (Phi) is 5.26. The maximum Gasteiger partial charge on any atom is 0.261 e. The molecule has 1 aliphatic carbocycles. The number of H-pyrrole nitrogens is 1. The first kappa shape index (κ1) is 18.8. The van der Waals surface area contributed by atoms with Crippen LogP contribution < -0.4 is 16.2 Å². The number of carbonyl (C=O) groups is 1. The molecular weight excluding hydrogens is 364 g/mol. The van der Waals surface area contributed by atoms with Gasteiger partial charge in [-0.3, -0.25) is 9.59 Å². The zero-order chi connectivity index (χ0) is 19.7. The fourth-order valence-electron chi connectivity index (χ4n) is 4.24. The molecule has 3 N–H and O–H groups in total. The molecule has 2 aliphatic rings. The molecule has 2 heterocycles. The van der Waals surface area contributed by atoms with Crippen molar-refractivity contribution in [3.63, 3.8) is 0 Å². The van der Waals surface area contributed by atoms with Crippen molar-refractivity contribution in [3.8, 4) is 0 Å². The van der Waals surface area contributed by atoms with E-state index in [1.165, 1.54) is 6.07 Å². The molecule has 0 spiro atoms. The average Bonchev–Trinajstić information content (AvgIpc) is 2.70. The molecule has 1 aromatic carbocycles. The van der Waals surface area contributed by atoms with E-state index in [0.29, 0.717) is 18.5 Å². The van der Waals surface area contributed by atoms with Gasteiger partial charge in [-0.05, 0) is 68.0 Å². The van der Waals surface area contributed by atoms with Crippen molar-refractivity contribution < 1.29 is 13.6 Å². The summed E-state index contributed by atoms with van der Waals surface area (Å²) in [5.74, 6) is -2.38. The number of aromatic nitrogens is 1. The first-order valence-corrected chi connectivity index (χ1v) is 9.74. The zero-order valence-corrected chi connectivity index (χ0v) is 15.5. The molecule has 1 aliphatic heterocycles. The summed E-state index contributed by atoms with van der Waals surface area (Å²) in [6.07, 6.45) is 4.45. The van der Waals surface area contributed by atoms with Gasteiger partial charge in [-0.2, -0.15) is 0 Å². The van der Waals surface area contributed by atoms with Crippen molar-refractivity contribution in [1.82, 2.24) is 15.6 Å². The van der Waals surface area contributed by atoms with E-state index >= 15 is 0 Å². The normalized spacial score (nSPS) is 21.8. The lowest BCUT2D eigenvalue weighted by atomic mass is 9.85. The third-order valence-electron chi connectivity index (χ3n) is 5.75. The first-order chi connectivity index (χ1) is 13.5. The molecule has 2 aromatic rings. The summed E-state index contributed by atoms with van der Waals surface area (Å²) in [6, 6.07) is 5.24. The van der Waals surface area contributed by atoms with Crippen molar-refractivity contribution in [3.05, 3.63) is 68.6 Å². The van der Waals surface area contributed by atoms with Gasteiger partial charge in [0.15, 0.2) is 11.6 Å². The topological polar surface area (TPSA) is 74.0 Å². The summed E-state index contributed by atoms with van der Waals surface area (Å²) in [7, 11) is 0. The van der Waals surface area contributed by atoms with E-state index in [-0.39, 0.29) is 23.1 Å². The van der Waals surface area contributed by atoms with Gasteiger partial charge in [0.25, 0.3) is 11.5 Å². The molecule has 5 nitrogen and oxygen atoms in total. The number of pyridine rings is 1. The van der Waals surface area contributed by atoms with Crippen molar-refractivity contribution in [2.45, 2.75) is 44.1 Å². The first-order valence-electron chi connectivity index (χ1n) is 9.74. The van der Waals surface area contributed by atoms with E-state index in [2.05, 4.69) is 15.6 Å². The Bertz CT molecular complexity index is 957. The summed E-state index contributed by atoms with van der Waals surface area (Å²) in [6.45, 7) is 1.22. The van der Waals surface area contributed by atoms with Crippen molar-refractivity contribution in [2.75, 3.05) is 13.1 Å². The van der Waals surface area contributed by atoms with E-state index in [4.69, 9.17) is 0 Å². The molecule has 2 atom stereocenters. The second-order valence-electron chi connectivity index (χ2n) is 7.58. The molecule has 1 saturated heterocycles. The summed E-state index contributed by atoms with van der Waals surface area (Å²) < 4.78 is 27.0. The number of amides is 1. The Hall–Kier alpha value is -2.54. The molecular formula is C21H23F2N3O2. The molecule has 4 rings (SSSR count). The van der Waals surface area contributed by atoms with Crippen LogP contribution in [0.1, 0.15) is 52.4 Å². The number of rotatable bonds is 3. The van der Waals surface area contributed by atoms with Crippen LogP contribution in [0.2, 0.25) is 0 Å². The van der Waals surface area contributed by atoms with Crippen LogP contribution in [-0.2, 0) is 12.8 Å². The zero-order valence-electron chi connectivity index (χ0n) is 15.5. The smallest absolute Gasteiger partial charge is 0.261 e. The lowest BCUT2D eigenvalue weighted by Crippen LogP contribution is -2.50. The van der Waals surface area contributed by atoms with Gasteiger partial charge < -0.3 is 15.6 Å². The van der Waals surface area contributed by atoms with Crippen LogP contribution >= 0.6 is 0 Å². The lowest BCUT2D eigenvalue weighted by Gasteiger charge is -2.33. The summed E-state index contributed by atoms with van der Waals surface area (Å²) in [4.78, 5) is 28.1. The summed E-state index contributed by atoms with van der Waals surface area (Å²) in [5.41, 5.74) is 2.31. The molecule has 1 aromatic heterocycles. The number of hydrogen-bond acceptors (Lipinski definition) is 3. The Morgan fingerprint density at radius 3 is 2.75 bits per heavy atom. The SMILES string of the molecule is O=C(NC1CNCCC1c1ccc(F)c(F)c1)c1cc2c([nH]c1=O)CCCC2. The van der Waals surface area contributed by atoms with E-state index < -0.39 is 17.5 Å². The number of piperidine rings is 1. The van der Waals surface area contributed by atoms with Crippen LogP contribution in [0.15, 0.2) is 29.1 Å². The van der Waals surface area contributed by atoms with Gasteiger partial charge in [-0.15, -0.1) is 0 Å². The molecule has 1 amide bonds. The molecule has 0 saturated carbocycles. The minimum absolute atomic E-state index is 0.107. The number of halogens is 2. The molecule has 1 fully saturated rings. The number of benzene rings is 1. The molecule has 7 heteroatoms. The number of carbonyl (C=O) groups excluding carboxylic acids is 1. The van der Waals surface area contributed by atoms with Crippen LogP contribution in [0.3, 0.4) is 0 Å². The Morgan fingerprint density at radius 2 is 1.93 bits per heavy atom. The van der Waals surface area contributed by atoms with E-state index in [1.54, 1.807) is 12.1 Å². The highest BCUT2D eigenvalue weighted by Crippen LogP contribution is 2.27. The number of aryl methyl sites for hydroxylation is 2. The van der Waals surface area contributed by atoms with E-state index in [1.807, 2.05) is 0 Å². The highest BCUT2D eigenvalue weighted by atomic mass is 19.2. The predicted octanol–water partition coefficient (Wildman–Crippen LogP) is 2.41. The van der Waals surface area contributed by atoms with Gasteiger partial charge in [0.05, 0.1) is 0 Å². The molecule has 28 heavy (non-hydrogen) atoms. The lowest BCUT2D eigenvalue weighted by molar-refractivity contribution is 0.0922. The molecule has 148 valence electrons. The summed E-state index contributed by atoms with van der Waals surface area (Å²) in [5, 5.41) is 6.14. The number of nitrogens with one attached hydrogen (secondary N) is 3. The second-order valence-corrected chi connectivity index (χ2v) is 7.58. The maximum absolute atomic E-state index is 13.7. The van der Waals surface area contributed by atoms with Crippen molar-refractivity contribution in [1.29, 1.82) is 0 Å². The maximum atomic E-state index is 13.7. The standard InChI is InChI=1S/C21H23F2N3O2/c22-16-6-5-12(10-17(16)23)14-7-8-24-11-19(14)26-21(28)15-9-13-3-1-2-4-18(13)25-20(15)27/h5-6,9-10,14,19,24H,1-4,7-8,11H2,(H,25,27)(H,26,28).